The number of aryl methyl sites for hydroxylation is 1. The van der Waals surface area contributed by atoms with Crippen molar-refractivity contribution < 1.29 is 4.74 Å². The normalized spacial score (nSPS) is 25.1. The van der Waals surface area contributed by atoms with Crippen LogP contribution in [0.4, 0.5) is 0 Å². The Bertz CT molecular complexity index is 340. The van der Waals surface area contributed by atoms with Crippen LogP contribution in [0.25, 0.3) is 0 Å². The van der Waals surface area contributed by atoms with Gasteiger partial charge >= 0.3 is 0 Å². The third kappa shape index (κ3) is 3.75. The summed E-state index contributed by atoms with van der Waals surface area (Å²) in [7, 11) is 2.03. The summed E-state index contributed by atoms with van der Waals surface area (Å²) in [4.78, 5) is 4.29. The van der Waals surface area contributed by atoms with Gasteiger partial charge in [-0.05, 0) is 18.8 Å². The average molecular weight is 254 g/mol. The molecular weight excluding hydrogens is 232 g/mol. The van der Waals surface area contributed by atoms with Crippen molar-refractivity contribution in [1.82, 2.24) is 9.55 Å². The number of hydrogen-bond acceptors (Lipinski definition) is 3. The van der Waals surface area contributed by atoms with Crippen LogP contribution in [0.1, 0.15) is 32.6 Å². The summed E-state index contributed by atoms with van der Waals surface area (Å²) < 4.78 is 8.02. The number of imidazole rings is 1. The van der Waals surface area contributed by atoms with Crippen molar-refractivity contribution in [1.29, 1.82) is 0 Å². The third-order valence-corrected chi connectivity index (χ3v) is 4.48. The van der Waals surface area contributed by atoms with Crippen LogP contribution in [-0.4, -0.2) is 28.0 Å². The van der Waals surface area contributed by atoms with Crippen LogP contribution in [0, 0.1) is 5.92 Å². The van der Waals surface area contributed by atoms with Gasteiger partial charge in [0.15, 0.2) is 5.16 Å². The molecule has 1 heterocycles. The van der Waals surface area contributed by atoms with Crippen molar-refractivity contribution in [2.45, 2.75) is 43.9 Å². The zero-order valence-corrected chi connectivity index (χ0v) is 11.6. The number of thioether (sulfide) groups is 1. The Morgan fingerprint density at radius 1 is 1.47 bits per heavy atom. The summed E-state index contributed by atoms with van der Waals surface area (Å²) in [6.07, 6.45) is 9.60. The highest BCUT2D eigenvalue weighted by Gasteiger charge is 2.21. The lowest BCUT2D eigenvalue weighted by Gasteiger charge is -2.28. The molecule has 0 aliphatic heterocycles. The van der Waals surface area contributed by atoms with Crippen LogP contribution in [-0.2, 0) is 11.8 Å². The van der Waals surface area contributed by atoms with Gasteiger partial charge in [0.05, 0.1) is 12.7 Å². The van der Waals surface area contributed by atoms with Gasteiger partial charge in [0.25, 0.3) is 0 Å². The van der Waals surface area contributed by atoms with Crippen LogP contribution >= 0.6 is 11.8 Å². The molecule has 0 bridgehead atoms. The second kappa shape index (κ2) is 6.45. The van der Waals surface area contributed by atoms with E-state index in [1.165, 1.54) is 25.7 Å². The van der Waals surface area contributed by atoms with Crippen molar-refractivity contribution in [3.05, 3.63) is 12.4 Å². The maximum absolute atomic E-state index is 5.98. The lowest BCUT2D eigenvalue weighted by atomic mass is 9.88. The fourth-order valence-electron chi connectivity index (χ4n) is 2.35. The van der Waals surface area contributed by atoms with Gasteiger partial charge in [-0.1, -0.05) is 31.5 Å². The summed E-state index contributed by atoms with van der Waals surface area (Å²) in [6.45, 7) is 3.16. The molecule has 0 spiro atoms. The van der Waals surface area contributed by atoms with Crippen LogP contribution in [0.3, 0.4) is 0 Å². The highest BCUT2D eigenvalue weighted by atomic mass is 32.2. The van der Waals surface area contributed by atoms with Gasteiger partial charge in [-0.3, -0.25) is 0 Å². The number of rotatable bonds is 5. The maximum Gasteiger partial charge on any atom is 0.167 e. The first kappa shape index (κ1) is 13.0. The molecule has 1 fully saturated rings. The van der Waals surface area contributed by atoms with E-state index >= 15 is 0 Å². The van der Waals surface area contributed by atoms with E-state index in [1.54, 1.807) is 11.8 Å². The third-order valence-electron chi connectivity index (χ3n) is 3.46. The molecule has 0 aromatic carbocycles. The van der Waals surface area contributed by atoms with E-state index in [0.717, 1.165) is 23.4 Å². The SMILES string of the molecule is C[C@@H]1CCCC[C@H]1OCCSc1nccn1C. The largest absolute Gasteiger partial charge is 0.377 e. The van der Waals surface area contributed by atoms with Crippen molar-refractivity contribution >= 4 is 11.8 Å². The Morgan fingerprint density at radius 3 is 3.00 bits per heavy atom. The monoisotopic (exact) mass is 254 g/mol. The van der Waals surface area contributed by atoms with Gasteiger partial charge in [0.2, 0.25) is 0 Å². The average Bonchev–Trinajstić information content (AvgIpc) is 2.73. The van der Waals surface area contributed by atoms with E-state index in [0.29, 0.717) is 6.10 Å². The summed E-state index contributed by atoms with van der Waals surface area (Å²) in [5.74, 6) is 1.73. The molecule has 0 N–H and O–H groups in total. The highest BCUT2D eigenvalue weighted by Crippen LogP contribution is 2.26. The second-order valence-corrected chi connectivity index (χ2v) is 5.90. The second-order valence-electron chi connectivity index (χ2n) is 4.84. The first-order valence-electron chi connectivity index (χ1n) is 6.49. The minimum absolute atomic E-state index is 0.491. The van der Waals surface area contributed by atoms with Gasteiger partial charge in [0.1, 0.15) is 0 Å². The Balaban J connectivity index is 1.64. The number of hydrogen-bond donors (Lipinski definition) is 0. The molecule has 0 saturated heterocycles. The molecule has 1 aliphatic rings. The van der Waals surface area contributed by atoms with E-state index in [9.17, 15) is 0 Å². The van der Waals surface area contributed by atoms with E-state index in [1.807, 2.05) is 24.0 Å². The molecule has 0 amide bonds. The smallest absolute Gasteiger partial charge is 0.167 e. The van der Waals surface area contributed by atoms with E-state index in [-0.39, 0.29) is 0 Å². The zero-order valence-electron chi connectivity index (χ0n) is 10.8. The Morgan fingerprint density at radius 2 is 2.29 bits per heavy atom. The summed E-state index contributed by atoms with van der Waals surface area (Å²) in [6, 6.07) is 0. The molecule has 3 nitrogen and oxygen atoms in total. The molecule has 2 atom stereocenters. The molecular formula is C13H22N2OS. The number of ether oxygens (including phenoxy) is 1. The quantitative estimate of drug-likeness (QED) is 0.597. The number of aromatic nitrogens is 2. The molecule has 1 aromatic heterocycles. The fourth-order valence-corrected chi connectivity index (χ4v) is 3.12. The van der Waals surface area contributed by atoms with Crippen molar-refractivity contribution in [3.8, 4) is 0 Å². The predicted molar refractivity (Wildman–Crippen MR) is 71.3 cm³/mol. The molecule has 4 heteroatoms. The first-order valence-corrected chi connectivity index (χ1v) is 7.47. The first-order chi connectivity index (χ1) is 8.27. The summed E-state index contributed by atoms with van der Waals surface area (Å²) in [5, 5.41) is 1.07. The molecule has 1 saturated carbocycles. The van der Waals surface area contributed by atoms with E-state index in [2.05, 4.69) is 11.9 Å². The van der Waals surface area contributed by atoms with E-state index < -0.39 is 0 Å². The van der Waals surface area contributed by atoms with Crippen LogP contribution in [0.15, 0.2) is 17.6 Å². The molecule has 0 radical (unpaired) electrons. The van der Waals surface area contributed by atoms with Crippen molar-refractivity contribution in [2.75, 3.05) is 12.4 Å². The van der Waals surface area contributed by atoms with Gasteiger partial charge in [-0.2, -0.15) is 0 Å². The fraction of sp³-hybridized carbons (Fsp3) is 0.769. The topological polar surface area (TPSA) is 27.1 Å². The lowest BCUT2D eigenvalue weighted by molar-refractivity contribution is 0.00345. The van der Waals surface area contributed by atoms with Gasteiger partial charge in [-0.25, -0.2) is 4.98 Å². The molecule has 96 valence electrons. The summed E-state index contributed by atoms with van der Waals surface area (Å²) in [5.41, 5.74) is 0. The molecule has 17 heavy (non-hydrogen) atoms. The van der Waals surface area contributed by atoms with Gasteiger partial charge < -0.3 is 9.30 Å². The van der Waals surface area contributed by atoms with Gasteiger partial charge in [-0.15, -0.1) is 0 Å². The standard InChI is InChI=1S/C13H22N2OS/c1-11-5-3-4-6-12(11)16-9-10-17-13-14-7-8-15(13)2/h7-8,11-12H,3-6,9-10H2,1-2H3/t11-,12-/m1/s1. The van der Waals surface area contributed by atoms with E-state index in [4.69, 9.17) is 4.74 Å². The minimum Gasteiger partial charge on any atom is -0.377 e. The molecule has 2 rings (SSSR count). The lowest BCUT2D eigenvalue weighted by Crippen LogP contribution is -2.26. The number of nitrogens with zero attached hydrogens (tertiary/aromatic N) is 2. The Hall–Kier alpha value is -0.480. The van der Waals surface area contributed by atoms with Crippen LogP contribution in [0.5, 0.6) is 0 Å². The van der Waals surface area contributed by atoms with Gasteiger partial charge in [0, 0.05) is 25.2 Å². The summed E-state index contributed by atoms with van der Waals surface area (Å²) >= 11 is 1.77. The highest BCUT2D eigenvalue weighted by molar-refractivity contribution is 7.99. The molecule has 1 aliphatic carbocycles. The zero-order chi connectivity index (χ0) is 12.1. The molecule has 0 unspecified atom stereocenters. The minimum atomic E-state index is 0.491. The van der Waals surface area contributed by atoms with Crippen molar-refractivity contribution in [2.24, 2.45) is 13.0 Å². The van der Waals surface area contributed by atoms with Crippen molar-refractivity contribution in [3.63, 3.8) is 0 Å². The predicted octanol–water partition coefficient (Wildman–Crippen LogP) is 3.11. The maximum atomic E-state index is 5.98. The van der Waals surface area contributed by atoms with Crippen LogP contribution in [0.2, 0.25) is 0 Å². The van der Waals surface area contributed by atoms with Crippen LogP contribution < -0.4 is 0 Å². The molecule has 1 aromatic rings. The Labute approximate surface area is 108 Å². The Kier molecular flexibility index (Phi) is 4.92.